The third-order valence-electron chi connectivity index (χ3n) is 5.74. The van der Waals surface area contributed by atoms with Crippen LogP contribution < -0.4 is 9.47 Å². The zero-order chi connectivity index (χ0) is 21.4. The van der Waals surface area contributed by atoms with Crippen molar-refractivity contribution < 1.29 is 28.6 Å². The lowest BCUT2D eigenvalue weighted by Crippen LogP contribution is -2.37. The molecule has 1 unspecified atom stereocenters. The maximum Gasteiger partial charge on any atom is 0.296 e. The third-order valence-corrected chi connectivity index (χ3v) is 6.04. The van der Waals surface area contributed by atoms with Crippen molar-refractivity contribution in [2.75, 3.05) is 14.2 Å². The van der Waals surface area contributed by atoms with Gasteiger partial charge in [0.15, 0.2) is 0 Å². The molecule has 1 aliphatic heterocycles. The predicted octanol–water partition coefficient (Wildman–Crippen LogP) is 4.31. The van der Waals surface area contributed by atoms with Crippen molar-refractivity contribution in [3.8, 4) is 11.5 Å². The Morgan fingerprint density at radius 1 is 1.17 bits per heavy atom. The Hall–Kier alpha value is -2.93. The normalized spacial score (nSPS) is 21.4. The van der Waals surface area contributed by atoms with Gasteiger partial charge in [0.05, 0.1) is 36.6 Å². The summed E-state index contributed by atoms with van der Waals surface area (Å²) in [5.74, 6) is -0.714. The van der Waals surface area contributed by atoms with Gasteiger partial charge in [0.2, 0.25) is 0 Å². The summed E-state index contributed by atoms with van der Waals surface area (Å²) in [6.07, 6.45) is 5.07. The number of likely N-dealkylation sites (tertiary alicyclic amines) is 1. The Bertz CT molecular complexity index is 1010. The van der Waals surface area contributed by atoms with E-state index in [0.29, 0.717) is 11.5 Å². The fourth-order valence-corrected chi connectivity index (χ4v) is 4.57. The number of ketones is 1. The van der Waals surface area contributed by atoms with Crippen LogP contribution in [-0.4, -0.2) is 42.0 Å². The third kappa shape index (κ3) is 3.23. The first-order valence-electron chi connectivity index (χ1n) is 9.73. The van der Waals surface area contributed by atoms with Crippen LogP contribution in [-0.2, 0) is 9.59 Å². The SMILES string of the molecule is COc1cc(OC)c(/C(O)=C2/C(=O)C(=O)N(C3CCCC3)C2c2ccco2)cc1Cl. The minimum Gasteiger partial charge on any atom is -0.507 e. The van der Waals surface area contributed by atoms with Crippen LogP contribution in [0.15, 0.2) is 40.5 Å². The summed E-state index contributed by atoms with van der Waals surface area (Å²) in [6.45, 7) is 0. The van der Waals surface area contributed by atoms with E-state index in [4.69, 9.17) is 25.5 Å². The van der Waals surface area contributed by atoms with E-state index in [1.807, 2.05) is 0 Å². The monoisotopic (exact) mass is 431 g/mol. The van der Waals surface area contributed by atoms with Crippen LogP contribution in [0, 0.1) is 0 Å². The number of hydrogen-bond donors (Lipinski definition) is 1. The van der Waals surface area contributed by atoms with E-state index < -0.39 is 17.7 Å². The molecule has 1 aliphatic carbocycles. The van der Waals surface area contributed by atoms with E-state index in [2.05, 4.69) is 0 Å². The molecular weight excluding hydrogens is 410 g/mol. The maximum absolute atomic E-state index is 13.1. The number of methoxy groups -OCH3 is 2. The van der Waals surface area contributed by atoms with Crippen LogP contribution in [0.25, 0.3) is 5.76 Å². The number of halogens is 1. The molecule has 0 radical (unpaired) electrons. The van der Waals surface area contributed by atoms with E-state index in [0.717, 1.165) is 25.7 Å². The lowest BCUT2D eigenvalue weighted by molar-refractivity contribution is -0.141. The zero-order valence-electron chi connectivity index (χ0n) is 16.7. The highest BCUT2D eigenvalue weighted by Gasteiger charge is 2.50. The van der Waals surface area contributed by atoms with Gasteiger partial charge < -0.3 is 23.9 Å². The van der Waals surface area contributed by atoms with Gasteiger partial charge in [-0.2, -0.15) is 0 Å². The molecule has 0 bridgehead atoms. The van der Waals surface area contributed by atoms with Crippen molar-refractivity contribution in [2.24, 2.45) is 0 Å². The minimum absolute atomic E-state index is 0.0404. The van der Waals surface area contributed by atoms with Crippen LogP contribution in [0.4, 0.5) is 0 Å². The first kappa shape index (κ1) is 20.3. The van der Waals surface area contributed by atoms with Crippen molar-refractivity contribution >= 4 is 29.1 Å². The summed E-state index contributed by atoms with van der Waals surface area (Å²) in [4.78, 5) is 27.6. The number of rotatable bonds is 5. The largest absolute Gasteiger partial charge is 0.507 e. The Labute approximate surface area is 178 Å². The summed E-state index contributed by atoms with van der Waals surface area (Å²) in [5, 5.41) is 11.4. The number of Topliss-reactive ketones (excluding diaryl/α,β-unsaturated/α-hetero) is 1. The number of ether oxygens (including phenoxy) is 2. The highest BCUT2D eigenvalue weighted by Crippen LogP contribution is 2.45. The molecule has 1 N–H and O–H groups in total. The number of amides is 1. The summed E-state index contributed by atoms with van der Waals surface area (Å²) >= 11 is 6.25. The van der Waals surface area contributed by atoms with Gasteiger partial charge >= 0.3 is 0 Å². The summed E-state index contributed by atoms with van der Waals surface area (Å²) in [7, 11) is 2.89. The number of carbonyl (C=O) groups is 2. The second-order valence-electron chi connectivity index (χ2n) is 7.35. The number of aliphatic hydroxyl groups excluding tert-OH is 1. The van der Waals surface area contributed by atoms with Crippen molar-refractivity contribution in [3.05, 3.63) is 52.4 Å². The molecule has 1 saturated heterocycles. The number of carbonyl (C=O) groups excluding carboxylic acids is 2. The van der Waals surface area contributed by atoms with Gasteiger partial charge in [-0.05, 0) is 31.0 Å². The molecule has 2 heterocycles. The average molecular weight is 432 g/mol. The Balaban J connectivity index is 1.91. The topological polar surface area (TPSA) is 89.2 Å². The van der Waals surface area contributed by atoms with Crippen LogP contribution in [0.1, 0.15) is 43.0 Å². The molecule has 4 rings (SSSR count). The zero-order valence-corrected chi connectivity index (χ0v) is 17.4. The molecule has 2 fully saturated rings. The summed E-state index contributed by atoms with van der Waals surface area (Å²) in [5.41, 5.74) is 0.158. The smallest absolute Gasteiger partial charge is 0.296 e. The molecule has 2 aromatic rings. The van der Waals surface area contributed by atoms with E-state index in [1.54, 1.807) is 17.0 Å². The van der Waals surface area contributed by atoms with E-state index >= 15 is 0 Å². The fraction of sp³-hybridized carbons (Fsp3) is 0.364. The van der Waals surface area contributed by atoms with Gasteiger partial charge in [0, 0.05) is 12.1 Å². The molecule has 1 aromatic heterocycles. The van der Waals surface area contributed by atoms with E-state index in [1.165, 1.54) is 32.6 Å². The molecule has 8 heteroatoms. The first-order chi connectivity index (χ1) is 14.5. The highest BCUT2D eigenvalue weighted by atomic mass is 35.5. The molecule has 1 amide bonds. The van der Waals surface area contributed by atoms with E-state index in [-0.39, 0.29) is 33.7 Å². The highest BCUT2D eigenvalue weighted by molar-refractivity contribution is 6.46. The second kappa shape index (κ2) is 8.07. The molecule has 2 aliphatic rings. The Morgan fingerprint density at radius 2 is 1.87 bits per heavy atom. The quantitative estimate of drug-likeness (QED) is 0.431. The Kier molecular flexibility index (Phi) is 5.47. The van der Waals surface area contributed by atoms with Gasteiger partial charge in [-0.3, -0.25) is 9.59 Å². The van der Waals surface area contributed by atoms with Crippen molar-refractivity contribution in [3.63, 3.8) is 0 Å². The second-order valence-corrected chi connectivity index (χ2v) is 7.75. The number of nitrogens with zero attached hydrogens (tertiary/aromatic N) is 1. The maximum atomic E-state index is 13.1. The van der Waals surface area contributed by atoms with Crippen LogP contribution in [0.5, 0.6) is 11.5 Å². The molecular formula is C22H22ClNO6. The lowest BCUT2D eigenvalue weighted by atomic mass is 9.98. The number of aliphatic hydroxyl groups is 1. The average Bonchev–Trinajstić information content (AvgIpc) is 3.49. The summed E-state index contributed by atoms with van der Waals surface area (Å²) in [6, 6.07) is 5.47. The van der Waals surface area contributed by atoms with Crippen molar-refractivity contribution in [2.45, 2.75) is 37.8 Å². The van der Waals surface area contributed by atoms with E-state index in [9.17, 15) is 14.7 Å². The predicted molar refractivity (Wildman–Crippen MR) is 110 cm³/mol. The van der Waals surface area contributed by atoms with Gasteiger partial charge in [0.1, 0.15) is 29.1 Å². The molecule has 1 atom stereocenters. The molecule has 158 valence electrons. The van der Waals surface area contributed by atoms with Gasteiger partial charge in [-0.15, -0.1) is 0 Å². The van der Waals surface area contributed by atoms with Crippen LogP contribution in [0.2, 0.25) is 5.02 Å². The Morgan fingerprint density at radius 3 is 2.47 bits per heavy atom. The van der Waals surface area contributed by atoms with Crippen LogP contribution in [0.3, 0.4) is 0 Å². The molecule has 7 nitrogen and oxygen atoms in total. The molecule has 1 saturated carbocycles. The first-order valence-corrected chi connectivity index (χ1v) is 10.1. The molecule has 30 heavy (non-hydrogen) atoms. The van der Waals surface area contributed by atoms with Crippen molar-refractivity contribution in [1.29, 1.82) is 0 Å². The number of benzene rings is 1. The standard InChI is InChI=1S/C22H22ClNO6/c1-28-16-11-17(29-2)14(23)10-13(16)20(25)18-19(15-8-5-9-30-15)24(22(27)21(18)26)12-6-3-4-7-12/h5,8-12,19,25H,3-4,6-7H2,1-2H3/b20-18-. The van der Waals surface area contributed by atoms with Gasteiger partial charge in [-0.25, -0.2) is 0 Å². The fourth-order valence-electron chi connectivity index (χ4n) is 4.33. The number of hydrogen-bond acceptors (Lipinski definition) is 6. The van der Waals surface area contributed by atoms with Crippen molar-refractivity contribution in [1.82, 2.24) is 4.90 Å². The molecule has 0 spiro atoms. The summed E-state index contributed by atoms with van der Waals surface area (Å²) < 4.78 is 16.1. The van der Waals surface area contributed by atoms with Crippen LogP contribution >= 0.6 is 11.6 Å². The molecule has 1 aromatic carbocycles. The lowest BCUT2D eigenvalue weighted by Gasteiger charge is -2.29. The minimum atomic E-state index is -0.811. The number of furan rings is 1. The van der Waals surface area contributed by atoms with Gasteiger partial charge in [-0.1, -0.05) is 24.4 Å². The van der Waals surface area contributed by atoms with Gasteiger partial charge in [0.25, 0.3) is 11.7 Å².